The van der Waals surface area contributed by atoms with Gasteiger partial charge in [-0.25, -0.2) is 4.68 Å². The molecule has 1 amide bonds. The number of nitrogens with two attached hydrogens (primary N) is 1. The predicted octanol–water partition coefficient (Wildman–Crippen LogP) is 3.20. The Labute approximate surface area is 165 Å². The number of nitrogens with zero attached hydrogens (tertiary/aromatic N) is 3. The van der Waals surface area contributed by atoms with Crippen LogP contribution in [0.25, 0.3) is 5.69 Å². The van der Waals surface area contributed by atoms with Crippen molar-refractivity contribution in [2.45, 2.75) is 25.9 Å². The molecule has 3 aromatic rings. The van der Waals surface area contributed by atoms with Gasteiger partial charge in [0.1, 0.15) is 5.69 Å². The summed E-state index contributed by atoms with van der Waals surface area (Å²) in [5.74, 6) is -0.466. The lowest BCUT2D eigenvalue weighted by molar-refractivity contribution is -0.125. The van der Waals surface area contributed by atoms with Gasteiger partial charge in [0.25, 0.3) is 0 Å². The number of rotatable bonds is 6. The van der Waals surface area contributed by atoms with Crippen LogP contribution in [0.3, 0.4) is 0 Å². The van der Waals surface area contributed by atoms with Gasteiger partial charge in [-0.05, 0) is 24.6 Å². The summed E-state index contributed by atoms with van der Waals surface area (Å²) in [4.78, 5) is 12.6. The topological polar surface area (TPSA) is 85.8 Å². The van der Waals surface area contributed by atoms with Crippen LogP contribution in [-0.4, -0.2) is 20.9 Å². The smallest absolute Gasteiger partial charge is 0.225 e. The normalized spacial score (nSPS) is 13.9. The van der Waals surface area contributed by atoms with E-state index in [9.17, 15) is 4.79 Å². The molecule has 0 aliphatic rings. The summed E-state index contributed by atoms with van der Waals surface area (Å²) in [6, 6.07) is 18.7. The summed E-state index contributed by atoms with van der Waals surface area (Å²) < 4.78 is 1.69. The van der Waals surface area contributed by atoms with E-state index in [4.69, 9.17) is 5.73 Å². The second kappa shape index (κ2) is 9.30. The van der Waals surface area contributed by atoms with Crippen molar-refractivity contribution in [2.24, 2.45) is 11.7 Å². The van der Waals surface area contributed by atoms with Gasteiger partial charge in [-0.15, -0.1) is 17.5 Å². The number of hydrogen-bond acceptors (Lipinski definition) is 4. The lowest BCUT2D eigenvalue weighted by atomic mass is 9.94. The minimum atomic E-state index is -0.358. The van der Waals surface area contributed by atoms with E-state index in [1.165, 1.54) is 0 Å². The summed E-state index contributed by atoms with van der Waals surface area (Å²) >= 11 is 0. The zero-order valence-corrected chi connectivity index (χ0v) is 16.1. The van der Waals surface area contributed by atoms with Crippen LogP contribution in [0.4, 0.5) is 0 Å². The summed E-state index contributed by atoms with van der Waals surface area (Å²) in [7, 11) is 0. The number of halogens is 1. The van der Waals surface area contributed by atoms with Gasteiger partial charge in [-0.2, -0.15) is 0 Å². The third kappa shape index (κ3) is 4.93. The van der Waals surface area contributed by atoms with Crippen molar-refractivity contribution in [3.63, 3.8) is 0 Å². The molecule has 1 aromatic heterocycles. The lowest BCUT2D eigenvalue weighted by Gasteiger charge is -2.21. The Kier molecular flexibility index (Phi) is 7.10. The maximum absolute atomic E-state index is 12.6. The van der Waals surface area contributed by atoms with Gasteiger partial charge in [-0.3, -0.25) is 4.79 Å². The molecule has 0 saturated heterocycles. The molecule has 0 saturated carbocycles. The van der Waals surface area contributed by atoms with E-state index < -0.39 is 0 Å². The Morgan fingerprint density at radius 2 is 1.63 bits per heavy atom. The molecule has 0 spiro atoms. The van der Waals surface area contributed by atoms with Crippen molar-refractivity contribution in [3.05, 3.63) is 78.1 Å². The highest BCUT2D eigenvalue weighted by Crippen LogP contribution is 2.20. The first kappa shape index (κ1) is 20.6. The molecule has 6 nitrogen and oxygen atoms in total. The maximum Gasteiger partial charge on any atom is 0.225 e. The highest BCUT2D eigenvalue weighted by molar-refractivity contribution is 5.85. The average Bonchev–Trinajstić information content (AvgIpc) is 3.18. The van der Waals surface area contributed by atoms with E-state index in [0.29, 0.717) is 5.69 Å². The van der Waals surface area contributed by atoms with Crippen LogP contribution in [0.1, 0.15) is 37.2 Å². The van der Waals surface area contributed by atoms with Crippen LogP contribution in [-0.2, 0) is 4.79 Å². The second-order valence-electron chi connectivity index (χ2n) is 6.38. The fraction of sp³-hybridized carbons (Fsp3) is 0.250. The molecule has 0 aliphatic carbocycles. The van der Waals surface area contributed by atoms with Gasteiger partial charge in [-0.1, -0.05) is 60.7 Å². The molecule has 0 aliphatic heterocycles. The first-order valence-electron chi connectivity index (χ1n) is 8.65. The molecule has 27 heavy (non-hydrogen) atoms. The van der Waals surface area contributed by atoms with E-state index >= 15 is 0 Å². The number of benzene rings is 2. The van der Waals surface area contributed by atoms with Crippen molar-refractivity contribution in [1.82, 2.24) is 20.3 Å². The van der Waals surface area contributed by atoms with Crippen LogP contribution in [0.2, 0.25) is 0 Å². The Balaban J connectivity index is 0.00000261. The molecule has 0 fully saturated rings. The Bertz CT molecular complexity index is 853. The number of aromatic nitrogens is 3. The molecule has 3 N–H and O–H groups in total. The van der Waals surface area contributed by atoms with Gasteiger partial charge in [0.2, 0.25) is 5.91 Å². The molecule has 3 rings (SSSR count). The minimum Gasteiger partial charge on any atom is -0.348 e. The quantitative estimate of drug-likeness (QED) is 0.682. The molecular weight excluding hydrogens is 362 g/mol. The van der Waals surface area contributed by atoms with Crippen LogP contribution in [0, 0.1) is 5.92 Å². The number of carbonyl (C=O) groups excluding carboxylic acids is 1. The molecule has 1 heterocycles. The SMILES string of the molecule is CC(NC(=O)C(C)C(N)c1ccccc1)c1cn(-c2ccccc2)nn1.Cl. The lowest BCUT2D eigenvalue weighted by Crippen LogP contribution is -2.37. The molecule has 2 aromatic carbocycles. The van der Waals surface area contributed by atoms with E-state index in [1.807, 2.05) is 80.7 Å². The Morgan fingerprint density at radius 3 is 2.26 bits per heavy atom. The largest absolute Gasteiger partial charge is 0.348 e. The van der Waals surface area contributed by atoms with Gasteiger partial charge < -0.3 is 11.1 Å². The van der Waals surface area contributed by atoms with E-state index in [0.717, 1.165) is 11.3 Å². The highest BCUT2D eigenvalue weighted by atomic mass is 35.5. The number of para-hydroxylation sites is 1. The number of amides is 1. The van der Waals surface area contributed by atoms with Gasteiger partial charge >= 0.3 is 0 Å². The standard InChI is InChI=1S/C20H23N5O.ClH/c1-14(19(21)16-9-5-3-6-10-16)20(26)22-15(2)18-13-25(24-23-18)17-11-7-4-8-12-17;/h3-15,19H,21H2,1-2H3,(H,22,26);1H. The van der Waals surface area contributed by atoms with Gasteiger partial charge in [0, 0.05) is 6.04 Å². The first-order chi connectivity index (χ1) is 12.6. The maximum atomic E-state index is 12.6. The summed E-state index contributed by atoms with van der Waals surface area (Å²) in [6.07, 6.45) is 1.82. The fourth-order valence-electron chi connectivity index (χ4n) is 2.73. The van der Waals surface area contributed by atoms with Gasteiger partial charge in [0.15, 0.2) is 0 Å². The van der Waals surface area contributed by atoms with Crippen molar-refractivity contribution in [2.75, 3.05) is 0 Å². The minimum absolute atomic E-state index is 0. The monoisotopic (exact) mass is 385 g/mol. The number of nitrogens with one attached hydrogen (secondary N) is 1. The van der Waals surface area contributed by atoms with Crippen molar-refractivity contribution >= 4 is 18.3 Å². The third-order valence-corrected chi connectivity index (χ3v) is 4.47. The fourth-order valence-corrected chi connectivity index (χ4v) is 2.73. The Hall–Kier alpha value is -2.70. The molecule has 7 heteroatoms. The highest BCUT2D eigenvalue weighted by Gasteiger charge is 2.24. The van der Waals surface area contributed by atoms with Crippen LogP contribution in [0.15, 0.2) is 66.9 Å². The molecule has 142 valence electrons. The molecule has 3 atom stereocenters. The van der Waals surface area contributed by atoms with E-state index in [2.05, 4.69) is 15.6 Å². The van der Waals surface area contributed by atoms with Crippen LogP contribution in [0.5, 0.6) is 0 Å². The zero-order chi connectivity index (χ0) is 18.5. The molecular formula is C20H24ClN5O. The first-order valence-corrected chi connectivity index (χ1v) is 8.65. The Morgan fingerprint density at radius 1 is 1.04 bits per heavy atom. The second-order valence-corrected chi connectivity index (χ2v) is 6.38. The summed E-state index contributed by atoms with van der Waals surface area (Å²) in [6.45, 7) is 3.72. The van der Waals surface area contributed by atoms with Crippen molar-refractivity contribution in [1.29, 1.82) is 0 Å². The van der Waals surface area contributed by atoms with Crippen LogP contribution < -0.4 is 11.1 Å². The van der Waals surface area contributed by atoms with Crippen molar-refractivity contribution in [3.8, 4) is 5.69 Å². The van der Waals surface area contributed by atoms with E-state index in [-0.39, 0.29) is 36.3 Å². The van der Waals surface area contributed by atoms with E-state index in [1.54, 1.807) is 4.68 Å². The van der Waals surface area contributed by atoms with Crippen LogP contribution >= 0.6 is 12.4 Å². The number of carbonyl (C=O) groups is 1. The third-order valence-electron chi connectivity index (χ3n) is 4.47. The number of hydrogen-bond donors (Lipinski definition) is 2. The molecule has 0 radical (unpaired) electrons. The zero-order valence-electron chi connectivity index (χ0n) is 15.3. The predicted molar refractivity (Wildman–Crippen MR) is 108 cm³/mol. The van der Waals surface area contributed by atoms with Gasteiger partial charge in [0.05, 0.1) is 23.8 Å². The molecule has 0 bridgehead atoms. The molecule has 3 unspecified atom stereocenters. The summed E-state index contributed by atoms with van der Waals surface area (Å²) in [5, 5.41) is 11.3. The van der Waals surface area contributed by atoms with Crippen molar-refractivity contribution < 1.29 is 4.79 Å². The average molecular weight is 386 g/mol. The summed E-state index contributed by atoms with van der Waals surface area (Å²) in [5.41, 5.74) is 8.80.